The summed E-state index contributed by atoms with van der Waals surface area (Å²) >= 11 is 3.73. The van der Waals surface area contributed by atoms with Gasteiger partial charge in [-0.1, -0.05) is 22.0 Å². The van der Waals surface area contributed by atoms with E-state index >= 15 is 0 Å². The predicted molar refractivity (Wildman–Crippen MR) is 115 cm³/mol. The highest BCUT2D eigenvalue weighted by molar-refractivity contribution is 9.10. The van der Waals surface area contributed by atoms with Gasteiger partial charge >= 0.3 is 0 Å². The quantitative estimate of drug-likeness (QED) is 0.555. The van der Waals surface area contributed by atoms with Crippen molar-refractivity contribution in [1.29, 1.82) is 0 Å². The molecule has 0 spiro atoms. The highest BCUT2D eigenvalue weighted by atomic mass is 79.9. The maximum absolute atomic E-state index is 14.4. The topological polar surface area (TPSA) is 40.4 Å². The molecule has 1 atom stereocenters. The van der Waals surface area contributed by atoms with Gasteiger partial charge in [-0.15, -0.1) is 10.2 Å². The van der Waals surface area contributed by atoms with Gasteiger partial charge in [-0.25, -0.2) is 4.39 Å². The molecule has 1 unspecified atom stereocenters. The summed E-state index contributed by atoms with van der Waals surface area (Å²) in [5.41, 5.74) is 4.24. The van der Waals surface area contributed by atoms with Gasteiger partial charge in [0, 0.05) is 48.0 Å². The molecule has 1 aromatic heterocycles. The lowest BCUT2D eigenvalue weighted by atomic mass is 10.0. The van der Waals surface area contributed by atoms with Crippen LogP contribution in [0.3, 0.4) is 0 Å². The molecule has 0 bridgehead atoms. The molecule has 2 aliphatic rings. The minimum atomic E-state index is -0.238. The van der Waals surface area contributed by atoms with Crippen LogP contribution in [0.1, 0.15) is 23.1 Å². The SMILES string of the molecule is Cc1nnc2n1-c1ccc(F)cc1C(N1CCN(C)Cc3c(Br)cccc31)N2C. The number of fused-ring (bicyclic) bond motifs is 4. The van der Waals surface area contributed by atoms with E-state index in [1.54, 1.807) is 6.07 Å². The molecule has 8 heteroatoms. The maximum Gasteiger partial charge on any atom is 0.233 e. The van der Waals surface area contributed by atoms with Crippen LogP contribution in [0.15, 0.2) is 40.9 Å². The number of aromatic nitrogens is 3. The van der Waals surface area contributed by atoms with Gasteiger partial charge in [0.1, 0.15) is 17.8 Å². The Kier molecular flexibility index (Phi) is 4.36. The smallest absolute Gasteiger partial charge is 0.233 e. The van der Waals surface area contributed by atoms with E-state index in [1.807, 2.05) is 24.6 Å². The first-order valence-electron chi connectivity index (χ1n) is 9.63. The molecule has 3 aromatic rings. The van der Waals surface area contributed by atoms with Gasteiger partial charge in [-0.3, -0.25) is 4.57 Å². The van der Waals surface area contributed by atoms with Crippen molar-refractivity contribution >= 4 is 27.6 Å². The summed E-state index contributed by atoms with van der Waals surface area (Å²) in [6.07, 6.45) is -0.184. The van der Waals surface area contributed by atoms with Gasteiger partial charge < -0.3 is 14.7 Å². The number of benzene rings is 2. The van der Waals surface area contributed by atoms with Gasteiger partial charge in [-0.05, 0) is 44.3 Å². The number of rotatable bonds is 1. The van der Waals surface area contributed by atoms with Crippen LogP contribution in [0.5, 0.6) is 0 Å². The fraction of sp³-hybridized carbons (Fsp3) is 0.333. The zero-order valence-electron chi connectivity index (χ0n) is 16.6. The Hall–Kier alpha value is -2.45. The largest absolute Gasteiger partial charge is 0.346 e. The Balaban J connectivity index is 1.73. The number of hydrogen-bond donors (Lipinski definition) is 0. The summed E-state index contributed by atoms with van der Waals surface area (Å²) < 4.78 is 17.5. The third-order valence-electron chi connectivity index (χ3n) is 5.85. The first-order chi connectivity index (χ1) is 14.0. The number of anilines is 2. The molecule has 2 aliphatic heterocycles. The Bertz CT molecular complexity index is 1100. The van der Waals surface area contributed by atoms with Gasteiger partial charge in [-0.2, -0.15) is 0 Å². The second kappa shape index (κ2) is 6.81. The molecule has 3 heterocycles. The lowest BCUT2D eigenvalue weighted by Gasteiger charge is -2.43. The molecule has 150 valence electrons. The fourth-order valence-electron chi connectivity index (χ4n) is 4.47. The molecule has 0 saturated heterocycles. The van der Waals surface area contributed by atoms with Crippen LogP contribution >= 0.6 is 15.9 Å². The Morgan fingerprint density at radius 1 is 1.07 bits per heavy atom. The maximum atomic E-state index is 14.4. The van der Waals surface area contributed by atoms with Crippen LogP contribution in [0.2, 0.25) is 0 Å². The van der Waals surface area contributed by atoms with Crippen molar-refractivity contribution in [2.45, 2.75) is 19.6 Å². The van der Waals surface area contributed by atoms with Gasteiger partial charge in [0.05, 0.1) is 5.69 Å². The molecule has 6 nitrogen and oxygen atoms in total. The normalized spacial score (nSPS) is 18.9. The van der Waals surface area contributed by atoms with Gasteiger partial charge in [0.25, 0.3) is 0 Å². The summed E-state index contributed by atoms with van der Waals surface area (Å²) in [5.74, 6) is 1.32. The molecule has 0 saturated carbocycles. The molecule has 5 rings (SSSR count). The molecule has 2 aromatic carbocycles. The van der Waals surface area contributed by atoms with Crippen molar-refractivity contribution in [1.82, 2.24) is 19.7 Å². The third-order valence-corrected chi connectivity index (χ3v) is 6.59. The summed E-state index contributed by atoms with van der Waals surface area (Å²) in [7, 11) is 4.13. The Morgan fingerprint density at radius 3 is 2.72 bits per heavy atom. The lowest BCUT2D eigenvalue weighted by Crippen LogP contribution is -2.45. The average molecular weight is 457 g/mol. The van der Waals surface area contributed by atoms with Crippen LogP contribution < -0.4 is 9.80 Å². The van der Waals surface area contributed by atoms with E-state index in [9.17, 15) is 4.39 Å². The van der Waals surface area contributed by atoms with E-state index in [0.29, 0.717) is 0 Å². The van der Waals surface area contributed by atoms with Crippen LogP contribution in [-0.4, -0.2) is 46.8 Å². The van der Waals surface area contributed by atoms with E-state index in [1.165, 1.54) is 11.6 Å². The summed E-state index contributed by atoms with van der Waals surface area (Å²) in [4.78, 5) is 6.76. The van der Waals surface area contributed by atoms with Gasteiger partial charge in [0.15, 0.2) is 0 Å². The second-order valence-electron chi connectivity index (χ2n) is 7.74. The van der Waals surface area contributed by atoms with E-state index in [2.05, 4.69) is 66.1 Å². The van der Waals surface area contributed by atoms with E-state index in [-0.39, 0.29) is 12.0 Å². The van der Waals surface area contributed by atoms with Crippen LogP contribution in [0, 0.1) is 12.7 Å². The minimum absolute atomic E-state index is 0.184. The molecule has 0 fully saturated rings. The van der Waals surface area contributed by atoms with E-state index in [4.69, 9.17) is 0 Å². The monoisotopic (exact) mass is 456 g/mol. The molecular formula is C21H22BrFN6. The van der Waals surface area contributed by atoms with Crippen LogP contribution in [-0.2, 0) is 6.54 Å². The van der Waals surface area contributed by atoms with Gasteiger partial charge in [0.2, 0.25) is 5.95 Å². The number of nitrogens with zero attached hydrogens (tertiary/aromatic N) is 6. The molecule has 29 heavy (non-hydrogen) atoms. The standard InChI is InChI=1S/C21H22BrFN6/c1-13-24-25-21-27(3)20(15-11-14(23)7-8-19(15)29(13)21)28-10-9-26(2)12-16-17(22)5-4-6-18(16)28/h4-8,11,20H,9-10,12H2,1-3H3. The van der Waals surface area contributed by atoms with Crippen molar-refractivity contribution in [3.63, 3.8) is 0 Å². The van der Waals surface area contributed by atoms with Crippen LogP contribution in [0.4, 0.5) is 16.0 Å². The zero-order valence-corrected chi connectivity index (χ0v) is 18.2. The number of halogens is 2. The van der Waals surface area contributed by atoms with E-state index < -0.39 is 0 Å². The molecular weight excluding hydrogens is 435 g/mol. The Labute approximate surface area is 177 Å². The summed E-state index contributed by atoms with van der Waals surface area (Å²) in [6.45, 7) is 4.50. The van der Waals surface area contributed by atoms with Crippen LogP contribution in [0.25, 0.3) is 5.69 Å². The first-order valence-corrected chi connectivity index (χ1v) is 10.4. The van der Waals surface area contributed by atoms with Crippen molar-refractivity contribution in [3.05, 3.63) is 63.6 Å². The van der Waals surface area contributed by atoms with Crippen molar-refractivity contribution in [2.75, 3.05) is 37.0 Å². The molecule has 0 aliphatic carbocycles. The third kappa shape index (κ3) is 2.85. The van der Waals surface area contributed by atoms with Crippen molar-refractivity contribution in [2.24, 2.45) is 0 Å². The molecule has 0 radical (unpaired) electrons. The first kappa shape index (κ1) is 18.6. The number of likely N-dealkylation sites (N-methyl/N-ethyl adjacent to an activating group) is 1. The predicted octanol–water partition coefficient (Wildman–Crippen LogP) is 3.88. The molecule has 0 amide bonds. The second-order valence-corrected chi connectivity index (χ2v) is 8.59. The van der Waals surface area contributed by atoms with Crippen molar-refractivity contribution < 1.29 is 4.39 Å². The number of hydrogen-bond acceptors (Lipinski definition) is 5. The highest BCUT2D eigenvalue weighted by Crippen LogP contribution is 2.43. The number of aryl methyl sites for hydroxylation is 1. The highest BCUT2D eigenvalue weighted by Gasteiger charge is 2.37. The zero-order chi connectivity index (χ0) is 20.3. The Morgan fingerprint density at radius 2 is 1.90 bits per heavy atom. The van der Waals surface area contributed by atoms with Crippen molar-refractivity contribution in [3.8, 4) is 5.69 Å². The van der Waals surface area contributed by atoms with E-state index in [0.717, 1.165) is 52.8 Å². The summed E-state index contributed by atoms with van der Waals surface area (Å²) in [6, 6.07) is 11.3. The fourth-order valence-corrected chi connectivity index (χ4v) is 4.95. The molecule has 0 N–H and O–H groups in total. The lowest BCUT2D eigenvalue weighted by molar-refractivity contribution is 0.337. The minimum Gasteiger partial charge on any atom is -0.346 e. The average Bonchev–Trinajstić information content (AvgIpc) is 2.99. The summed E-state index contributed by atoms with van der Waals surface area (Å²) in [5, 5.41) is 8.70.